The predicted molar refractivity (Wildman–Crippen MR) is 112 cm³/mol. The summed E-state index contributed by atoms with van der Waals surface area (Å²) in [6.07, 6.45) is 0.854. The van der Waals surface area contributed by atoms with Gasteiger partial charge in [-0.1, -0.05) is 61.0 Å². The number of carbonyl (C=O) groups excluding carboxylic acids is 1. The number of nitrogens with one attached hydrogen (secondary N) is 2. The zero-order valence-corrected chi connectivity index (χ0v) is 16.9. The molecule has 5 heteroatoms. The first-order valence-electron chi connectivity index (χ1n) is 10.1. The van der Waals surface area contributed by atoms with Crippen molar-refractivity contribution in [2.75, 3.05) is 26.3 Å². The molecule has 0 saturated carbocycles. The average Bonchev–Trinajstić information content (AvgIpc) is 2.73. The largest absolute Gasteiger partial charge is 0.379 e. The molecular weight excluding hydrogens is 350 g/mol. The van der Waals surface area contributed by atoms with Crippen LogP contribution in [0.1, 0.15) is 41.6 Å². The van der Waals surface area contributed by atoms with Crippen LogP contribution in [0.5, 0.6) is 0 Å². The first-order chi connectivity index (χ1) is 13.6. The molecule has 3 rings (SSSR count). The van der Waals surface area contributed by atoms with Crippen molar-refractivity contribution in [1.29, 1.82) is 0 Å². The van der Waals surface area contributed by atoms with Crippen LogP contribution in [-0.2, 0) is 17.8 Å². The molecule has 2 N–H and O–H groups in total. The molecule has 2 aromatic carbocycles. The van der Waals surface area contributed by atoms with E-state index >= 15 is 0 Å². The maximum atomic E-state index is 12.3. The number of hydrogen-bond donors (Lipinski definition) is 2. The normalized spacial score (nSPS) is 15.8. The first-order valence-corrected chi connectivity index (χ1v) is 10.1. The highest BCUT2D eigenvalue weighted by Gasteiger charge is 2.13. The molecule has 0 spiro atoms. The van der Waals surface area contributed by atoms with E-state index < -0.39 is 0 Å². The van der Waals surface area contributed by atoms with E-state index in [4.69, 9.17) is 4.74 Å². The molecule has 0 unspecified atom stereocenters. The number of aryl methyl sites for hydroxylation is 1. The SMILES string of the molecule is CC[C@@H](NC(=O)NCc1ccc(CN2CCOCC2)cc1)c1ccc(C)cc1. The lowest BCUT2D eigenvalue weighted by atomic mass is 10.0. The summed E-state index contributed by atoms with van der Waals surface area (Å²) in [5.41, 5.74) is 4.75. The van der Waals surface area contributed by atoms with E-state index in [-0.39, 0.29) is 12.1 Å². The number of rotatable bonds is 7. The molecule has 1 aliphatic heterocycles. The Kier molecular flexibility index (Phi) is 7.46. The molecule has 1 aliphatic rings. The lowest BCUT2D eigenvalue weighted by Crippen LogP contribution is -2.37. The van der Waals surface area contributed by atoms with Gasteiger partial charge in [-0.05, 0) is 30.0 Å². The van der Waals surface area contributed by atoms with Crippen molar-refractivity contribution in [2.24, 2.45) is 0 Å². The van der Waals surface area contributed by atoms with E-state index in [0.29, 0.717) is 6.54 Å². The van der Waals surface area contributed by atoms with E-state index in [1.807, 2.05) is 0 Å². The Bertz CT molecular complexity index is 737. The Morgan fingerprint density at radius 2 is 1.68 bits per heavy atom. The van der Waals surface area contributed by atoms with Crippen LogP contribution in [0.2, 0.25) is 0 Å². The Labute approximate surface area is 168 Å². The van der Waals surface area contributed by atoms with Gasteiger partial charge in [0.25, 0.3) is 0 Å². The van der Waals surface area contributed by atoms with Crippen molar-refractivity contribution < 1.29 is 9.53 Å². The van der Waals surface area contributed by atoms with Crippen molar-refractivity contribution in [3.8, 4) is 0 Å². The van der Waals surface area contributed by atoms with Gasteiger partial charge in [0, 0.05) is 26.2 Å². The van der Waals surface area contributed by atoms with Gasteiger partial charge >= 0.3 is 6.03 Å². The first kappa shape index (κ1) is 20.4. The summed E-state index contributed by atoms with van der Waals surface area (Å²) in [5, 5.41) is 6.04. The van der Waals surface area contributed by atoms with Gasteiger partial charge in [0.2, 0.25) is 0 Å². The second-order valence-electron chi connectivity index (χ2n) is 7.40. The summed E-state index contributed by atoms with van der Waals surface area (Å²) in [5.74, 6) is 0. The minimum absolute atomic E-state index is 0.0245. The maximum Gasteiger partial charge on any atom is 0.315 e. The van der Waals surface area contributed by atoms with Gasteiger partial charge in [-0.3, -0.25) is 4.90 Å². The fourth-order valence-corrected chi connectivity index (χ4v) is 3.39. The molecule has 28 heavy (non-hydrogen) atoms. The molecule has 1 saturated heterocycles. The molecule has 5 nitrogen and oxygen atoms in total. The van der Waals surface area contributed by atoms with Crippen molar-refractivity contribution in [3.63, 3.8) is 0 Å². The van der Waals surface area contributed by atoms with Crippen LogP contribution < -0.4 is 10.6 Å². The monoisotopic (exact) mass is 381 g/mol. The number of hydrogen-bond acceptors (Lipinski definition) is 3. The number of morpholine rings is 1. The third-order valence-electron chi connectivity index (χ3n) is 5.18. The lowest BCUT2D eigenvalue weighted by molar-refractivity contribution is 0.0342. The van der Waals surface area contributed by atoms with Crippen molar-refractivity contribution in [1.82, 2.24) is 15.5 Å². The summed E-state index contributed by atoms with van der Waals surface area (Å²) in [4.78, 5) is 14.7. The van der Waals surface area contributed by atoms with E-state index in [9.17, 15) is 4.79 Å². The standard InChI is InChI=1S/C23H31N3O2/c1-3-22(21-10-4-18(2)5-11-21)25-23(27)24-16-19-6-8-20(9-7-19)17-26-12-14-28-15-13-26/h4-11,22H,3,12-17H2,1-2H3,(H2,24,25,27)/t22-/m1/s1. The van der Waals surface area contributed by atoms with Gasteiger partial charge in [0.1, 0.15) is 0 Å². The molecule has 2 amide bonds. The van der Waals surface area contributed by atoms with Gasteiger partial charge in [0.05, 0.1) is 19.3 Å². The highest BCUT2D eigenvalue weighted by molar-refractivity contribution is 5.74. The molecule has 2 aromatic rings. The summed E-state index contributed by atoms with van der Waals surface area (Å²) < 4.78 is 5.39. The zero-order chi connectivity index (χ0) is 19.8. The molecule has 1 fully saturated rings. The smallest absolute Gasteiger partial charge is 0.315 e. The predicted octanol–water partition coefficient (Wildman–Crippen LogP) is 3.78. The average molecular weight is 382 g/mol. The number of ether oxygens (including phenoxy) is 1. The van der Waals surface area contributed by atoms with Crippen molar-refractivity contribution in [2.45, 2.75) is 39.4 Å². The van der Waals surface area contributed by atoms with Gasteiger partial charge in [-0.2, -0.15) is 0 Å². The van der Waals surface area contributed by atoms with Crippen LogP contribution >= 0.6 is 0 Å². The van der Waals surface area contributed by atoms with Crippen LogP contribution in [-0.4, -0.2) is 37.2 Å². The zero-order valence-electron chi connectivity index (χ0n) is 16.9. The Balaban J connectivity index is 1.46. The van der Waals surface area contributed by atoms with Crippen LogP contribution in [0.4, 0.5) is 4.79 Å². The molecule has 150 valence electrons. The van der Waals surface area contributed by atoms with Crippen LogP contribution in [0.15, 0.2) is 48.5 Å². The number of amides is 2. The summed E-state index contributed by atoms with van der Waals surface area (Å²) in [6.45, 7) is 9.23. The van der Waals surface area contributed by atoms with E-state index in [0.717, 1.165) is 50.4 Å². The van der Waals surface area contributed by atoms with Gasteiger partial charge in [-0.25, -0.2) is 4.79 Å². The maximum absolute atomic E-state index is 12.3. The summed E-state index contributed by atoms with van der Waals surface area (Å²) in [7, 11) is 0. The number of benzene rings is 2. The summed E-state index contributed by atoms with van der Waals surface area (Å²) >= 11 is 0. The Morgan fingerprint density at radius 1 is 1.04 bits per heavy atom. The third kappa shape index (κ3) is 6.08. The Hall–Kier alpha value is -2.37. The minimum atomic E-state index is -0.134. The molecule has 0 radical (unpaired) electrons. The quantitative estimate of drug-likeness (QED) is 0.767. The second kappa shape index (κ2) is 10.2. The topological polar surface area (TPSA) is 53.6 Å². The van der Waals surface area contributed by atoms with Gasteiger partial charge < -0.3 is 15.4 Å². The van der Waals surface area contributed by atoms with Gasteiger partial charge in [-0.15, -0.1) is 0 Å². The number of urea groups is 1. The van der Waals surface area contributed by atoms with Crippen LogP contribution in [0, 0.1) is 6.92 Å². The van der Waals surface area contributed by atoms with E-state index in [1.165, 1.54) is 11.1 Å². The molecular formula is C23H31N3O2. The van der Waals surface area contributed by atoms with E-state index in [1.54, 1.807) is 0 Å². The highest BCUT2D eigenvalue weighted by atomic mass is 16.5. The van der Waals surface area contributed by atoms with Gasteiger partial charge in [0.15, 0.2) is 0 Å². The molecule has 1 heterocycles. The molecule has 1 atom stereocenters. The highest BCUT2D eigenvalue weighted by Crippen LogP contribution is 2.17. The summed E-state index contributed by atoms with van der Waals surface area (Å²) in [6, 6.07) is 16.7. The molecule has 0 aliphatic carbocycles. The lowest BCUT2D eigenvalue weighted by Gasteiger charge is -2.26. The third-order valence-corrected chi connectivity index (χ3v) is 5.18. The molecule has 0 bridgehead atoms. The fourth-order valence-electron chi connectivity index (χ4n) is 3.39. The van der Waals surface area contributed by atoms with Crippen LogP contribution in [0.3, 0.4) is 0 Å². The van der Waals surface area contributed by atoms with E-state index in [2.05, 4.69) is 77.9 Å². The second-order valence-corrected chi connectivity index (χ2v) is 7.40. The van der Waals surface area contributed by atoms with Crippen LogP contribution in [0.25, 0.3) is 0 Å². The van der Waals surface area contributed by atoms with Crippen molar-refractivity contribution >= 4 is 6.03 Å². The Morgan fingerprint density at radius 3 is 2.32 bits per heavy atom. The fraction of sp³-hybridized carbons (Fsp3) is 0.435. The number of carbonyl (C=O) groups is 1. The number of nitrogens with zero attached hydrogens (tertiary/aromatic N) is 1. The molecule has 0 aromatic heterocycles. The van der Waals surface area contributed by atoms with Crippen molar-refractivity contribution in [3.05, 3.63) is 70.8 Å². The minimum Gasteiger partial charge on any atom is -0.379 e.